The van der Waals surface area contributed by atoms with E-state index in [-0.39, 0.29) is 0 Å². The van der Waals surface area contributed by atoms with E-state index in [2.05, 4.69) is 15.9 Å². The molecule has 4 N–H and O–H groups in total. The summed E-state index contributed by atoms with van der Waals surface area (Å²) in [5, 5.41) is 1.86. The molecule has 4 heteroatoms. The van der Waals surface area contributed by atoms with E-state index >= 15 is 0 Å². The molecule has 1 saturated heterocycles. The molecular weight excluding hydrogens is 266 g/mol. The summed E-state index contributed by atoms with van der Waals surface area (Å²) in [6, 6.07) is 7.53. The van der Waals surface area contributed by atoms with Crippen LogP contribution in [0.1, 0.15) is 26.7 Å². The fourth-order valence-electron chi connectivity index (χ4n) is 1.20. The Bertz CT molecular complexity index is 234. The molecular formula is C12H22BrN3. The van der Waals surface area contributed by atoms with Crippen molar-refractivity contribution in [3.8, 4) is 0 Å². The lowest BCUT2D eigenvalue weighted by atomic mass is 10.3. The van der Waals surface area contributed by atoms with Gasteiger partial charge in [0.15, 0.2) is 0 Å². The minimum Gasteiger partial charge on any atom is -0.399 e. The quantitative estimate of drug-likeness (QED) is 0.570. The van der Waals surface area contributed by atoms with Crippen molar-refractivity contribution in [3.63, 3.8) is 0 Å². The van der Waals surface area contributed by atoms with Crippen molar-refractivity contribution in [2.45, 2.75) is 26.7 Å². The fraction of sp³-hybridized carbons (Fsp3) is 0.500. The zero-order chi connectivity index (χ0) is 12.4. The van der Waals surface area contributed by atoms with Crippen molar-refractivity contribution in [1.29, 1.82) is 0 Å². The fourth-order valence-corrected chi connectivity index (χ4v) is 1.47. The van der Waals surface area contributed by atoms with Gasteiger partial charge >= 0.3 is 0 Å². The highest BCUT2D eigenvalue weighted by Crippen LogP contribution is 2.10. The first-order valence-corrected chi connectivity index (χ1v) is 6.48. The molecule has 1 aliphatic rings. The standard InChI is InChI=1S/C6H6BrN.C4H10N2.C2H6/c7-5-1-3-6(8)4-2-5;5-6-3-1-2-4-6;1-2/h1-4H,8H2;1-5H2;1-2H3. The highest BCUT2D eigenvalue weighted by molar-refractivity contribution is 9.10. The highest BCUT2D eigenvalue weighted by atomic mass is 79.9. The van der Waals surface area contributed by atoms with Gasteiger partial charge in [-0.2, -0.15) is 0 Å². The summed E-state index contributed by atoms with van der Waals surface area (Å²) in [4.78, 5) is 0. The molecule has 1 aromatic carbocycles. The van der Waals surface area contributed by atoms with E-state index < -0.39 is 0 Å². The summed E-state index contributed by atoms with van der Waals surface area (Å²) in [6.45, 7) is 6.19. The van der Waals surface area contributed by atoms with Gasteiger partial charge < -0.3 is 5.73 Å². The average Bonchev–Trinajstić information content (AvgIpc) is 2.77. The Morgan fingerprint density at radius 1 is 1.06 bits per heavy atom. The van der Waals surface area contributed by atoms with Gasteiger partial charge in [-0.3, -0.25) is 5.84 Å². The van der Waals surface area contributed by atoms with E-state index in [9.17, 15) is 0 Å². The van der Waals surface area contributed by atoms with E-state index in [0.717, 1.165) is 23.2 Å². The molecule has 0 spiro atoms. The van der Waals surface area contributed by atoms with Crippen molar-refractivity contribution >= 4 is 21.6 Å². The molecule has 16 heavy (non-hydrogen) atoms. The SMILES string of the molecule is CC.NN1CCCC1.Nc1ccc(Br)cc1. The second kappa shape index (κ2) is 9.63. The molecule has 0 aliphatic carbocycles. The van der Waals surface area contributed by atoms with Gasteiger partial charge in [0.05, 0.1) is 0 Å². The van der Waals surface area contributed by atoms with Crippen molar-refractivity contribution < 1.29 is 0 Å². The summed E-state index contributed by atoms with van der Waals surface area (Å²) in [5.41, 5.74) is 6.21. The summed E-state index contributed by atoms with van der Waals surface area (Å²) in [6.07, 6.45) is 2.58. The lowest BCUT2D eigenvalue weighted by Crippen LogP contribution is -2.26. The van der Waals surface area contributed by atoms with E-state index in [1.165, 1.54) is 12.8 Å². The molecule has 0 saturated carbocycles. The predicted molar refractivity (Wildman–Crippen MR) is 74.9 cm³/mol. The van der Waals surface area contributed by atoms with E-state index in [4.69, 9.17) is 11.6 Å². The zero-order valence-corrected chi connectivity index (χ0v) is 11.7. The first-order valence-electron chi connectivity index (χ1n) is 5.69. The van der Waals surface area contributed by atoms with Gasteiger partial charge in [0.2, 0.25) is 0 Å². The molecule has 0 bridgehead atoms. The molecule has 0 atom stereocenters. The van der Waals surface area contributed by atoms with Gasteiger partial charge in [-0.05, 0) is 37.1 Å². The Morgan fingerprint density at radius 2 is 1.50 bits per heavy atom. The van der Waals surface area contributed by atoms with Crippen molar-refractivity contribution in [2.75, 3.05) is 18.8 Å². The maximum atomic E-state index is 5.41. The Balaban J connectivity index is 0.000000251. The van der Waals surface area contributed by atoms with Crippen LogP contribution >= 0.6 is 15.9 Å². The number of hydrogen-bond donors (Lipinski definition) is 2. The highest BCUT2D eigenvalue weighted by Gasteiger charge is 2.03. The average molecular weight is 288 g/mol. The van der Waals surface area contributed by atoms with Crippen LogP contribution in [0.4, 0.5) is 5.69 Å². The molecule has 0 unspecified atom stereocenters. The maximum Gasteiger partial charge on any atom is 0.0314 e. The van der Waals surface area contributed by atoms with Crippen molar-refractivity contribution in [2.24, 2.45) is 5.84 Å². The molecule has 3 nitrogen and oxygen atoms in total. The number of benzene rings is 1. The van der Waals surface area contributed by atoms with E-state index in [1.807, 2.05) is 43.1 Å². The number of hydrogen-bond acceptors (Lipinski definition) is 3. The normalized spacial score (nSPS) is 14.5. The second-order valence-electron chi connectivity index (χ2n) is 3.29. The van der Waals surface area contributed by atoms with Gasteiger partial charge in [-0.25, -0.2) is 5.01 Å². The molecule has 1 heterocycles. The Labute approximate surface area is 107 Å². The predicted octanol–water partition coefficient (Wildman–Crippen LogP) is 3.01. The van der Waals surface area contributed by atoms with Crippen LogP contribution in [-0.2, 0) is 0 Å². The molecule has 92 valence electrons. The van der Waals surface area contributed by atoms with Crippen molar-refractivity contribution in [3.05, 3.63) is 28.7 Å². The summed E-state index contributed by atoms with van der Waals surface area (Å²) >= 11 is 3.29. The van der Waals surface area contributed by atoms with Gasteiger partial charge in [-0.1, -0.05) is 29.8 Å². The molecule has 0 amide bonds. The molecule has 0 radical (unpaired) electrons. The van der Waals surface area contributed by atoms with Crippen LogP contribution in [-0.4, -0.2) is 18.1 Å². The van der Waals surface area contributed by atoms with Gasteiger partial charge in [0.1, 0.15) is 0 Å². The van der Waals surface area contributed by atoms with Crippen LogP contribution in [0.25, 0.3) is 0 Å². The maximum absolute atomic E-state index is 5.41. The third-order valence-electron chi connectivity index (χ3n) is 2.01. The first kappa shape index (κ1) is 15.4. The first-order chi connectivity index (χ1) is 7.68. The lowest BCUT2D eigenvalue weighted by Gasteiger charge is -2.01. The van der Waals surface area contributed by atoms with Crippen LogP contribution in [0.5, 0.6) is 0 Å². The number of nitrogens with two attached hydrogens (primary N) is 2. The Kier molecular flexibility index (Phi) is 9.28. The van der Waals surface area contributed by atoms with Gasteiger partial charge in [-0.15, -0.1) is 0 Å². The van der Waals surface area contributed by atoms with Gasteiger partial charge in [0, 0.05) is 23.2 Å². The monoisotopic (exact) mass is 287 g/mol. The third kappa shape index (κ3) is 7.68. The van der Waals surface area contributed by atoms with Crippen LogP contribution in [0.2, 0.25) is 0 Å². The van der Waals surface area contributed by atoms with E-state index in [1.54, 1.807) is 0 Å². The lowest BCUT2D eigenvalue weighted by molar-refractivity contribution is 0.355. The number of halogens is 1. The van der Waals surface area contributed by atoms with Crippen LogP contribution in [0.15, 0.2) is 28.7 Å². The smallest absolute Gasteiger partial charge is 0.0314 e. The van der Waals surface area contributed by atoms with Crippen molar-refractivity contribution in [1.82, 2.24) is 5.01 Å². The number of anilines is 1. The van der Waals surface area contributed by atoms with Gasteiger partial charge in [0.25, 0.3) is 0 Å². The zero-order valence-electron chi connectivity index (χ0n) is 10.1. The molecule has 0 aromatic heterocycles. The Morgan fingerprint density at radius 3 is 1.75 bits per heavy atom. The molecule has 2 rings (SSSR count). The largest absolute Gasteiger partial charge is 0.399 e. The summed E-state index contributed by atoms with van der Waals surface area (Å²) < 4.78 is 1.06. The molecule has 1 aliphatic heterocycles. The van der Waals surface area contributed by atoms with Crippen LogP contribution in [0, 0.1) is 0 Å². The third-order valence-corrected chi connectivity index (χ3v) is 2.54. The number of rotatable bonds is 0. The van der Waals surface area contributed by atoms with Crippen LogP contribution < -0.4 is 11.6 Å². The molecule has 1 fully saturated rings. The Hall–Kier alpha value is -0.580. The number of nitrogen functional groups attached to an aromatic ring is 1. The van der Waals surface area contributed by atoms with Crippen LogP contribution in [0.3, 0.4) is 0 Å². The minimum atomic E-state index is 0.799. The summed E-state index contributed by atoms with van der Waals surface area (Å²) in [7, 11) is 0. The topological polar surface area (TPSA) is 55.3 Å². The number of nitrogens with zero attached hydrogens (tertiary/aromatic N) is 1. The van der Waals surface area contributed by atoms with E-state index in [0.29, 0.717) is 0 Å². The number of hydrazine groups is 1. The minimum absolute atomic E-state index is 0.799. The summed E-state index contributed by atoms with van der Waals surface area (Å²) in [5.74, 6) is 5.37. The molecule has 1 aromatic rings. The second-order valence-corrected chi connectivity index (χ2v) is 4.21.